The molecule has 0 spiro atoms. The monoisotopic (exact) mass is 286 g/mol. The fraction of sp³-hybridized carbons (Fsp3) is 0. The largest absolute Gasteiger partial charge is 0.504 e. The summed E-state index contributed by atoms with van der Waals surface area (Å²) < 4.78 is 0. The summed E-state index contributed by atoms with van der Waals surface area (Å²) in [5.41, 5.74) is 1.50. The van der Waals surface area contributed by atoms with Crippen molar-refractivity contribution in [3.63, 3.8) is 0 Å². The molecule has 3 aromatic rings. The van der Waals surface area contributed by atoms with Gasteiger partial charge in [-0.1, -0.05) is 0 Å². The third-order valence-electron chi connectivity index (χ3n) is 2.58. The average molecular weight is 286 g/mol. The van der Waals surface area contributed by atoms with Crippen molar-refractivity contribution in [3.05, 3.63) is 41.4 Å². The molecule has 0 radical (unpaired) electrons. The lowest BCUT2D eigenvalue weighted by Crippen LogP contribution is -1.99. The Morgan fingerprint density at radius 3 is 2.70 bits per heavy atom. The second-order valence-corrected chi connectivity index (χ2v) is 4.75. The number of thiophene rings is 1. The van der Waals surface area contributed by atoms with E-state index in [0.717, 1.165) is 5.56 Å². The zero-order valence-corrected chi connectivity index (χ0v) is 11.0. The Labute approximate surface area is 118 Å². The standard InChI is InChI=1S/C13H10N4O2S/c18-10-2-1-9(5-11(10)19)16-13-15-7-14-12(17-13)8-3-4-20-6-8/h1-7,18-19H,(H,14,15,16,17). The number of phenols is 2. The maximum atomic E-state index is 9.44. The van der Waals surface area contributed by atoms with Gasteiger partial charge < -0.3 is 15.5 Å². The molecule has 0 bridgehead atoms. The number of hydrogen-bond acceptors (Lipinski definition) is 7. The van der Waals surface area contributed by atoms with Crippen LogP contribution in [0.1, 0.15) is 0 Å². The molecule has 0 saturated heterocycles. The van der Waals surface area contributed by atoms with Crippen molar-refractivity contribution in [2.24, 2.45) is 0 Å². The van der Waals surface area contributed by atoms with Crippen LogP contribution in [0.3, 0.4) is 0 Å². The van der Waals surface area contributed by atoms with Crippen LogP contribution in [0.25, 0.3) is 11.4 Å². The van der Waals surface area contributed by atoms with Gasteiger partial charge in [-0.3, -0.25) is 0 Å². The minimum Gasteiger partial charge on any atom is -0.504 e. The molecular weight excluding hydrogens is 276 g/mol. The fourth-order valence-corrected chi connectivity index (χ4v) is 2.25. The number of rotatable bonds is 3. The van der Waals surface area contributed by atoms with Crippen LogP contribution in [0.2, 0.25) is 0 Å². The number of nitrogens with one attached hydrogen (secondary N) is 1. The lowest BCUT2D eigenvalue weighted by molar-refractivity contribution is 0.404. The van der Waals surface area contributed by atoms with Gasteiger partial charge in [0.25, 0.3) is 0 Å². The van der Waals surface area contributed by atoms with E-state index >= 15 is 0 Å². The summed E-state index contributed by atoms with van der Waals surface area (Å²) in [6, 6.07) is 6.32. The second-order valence-electron chi connectivity index (χ2n) is 3.97. The Hall–Kier alpha value is -2.67. The first-order valence-electron chi connectivity index (χ1n) is 5.73. The Kier molecular flexibility index (Phi) is 3.18. The Morgan fingerprint density at radius 2 is 1.95 bits per heavy atom. The molecule has 0 atom stereocenters. The van der Waals surface area contributed by atoms with E-state index < -0.39 is 0 Å². The number of phenolic OH excluding ortho intramolecular Hbond substituents is 2. The summed E-state index contributed by atoms with van der Waals surface area (Å²) in [4.78, 5) is 12.4. The van der Waals surface area contributed by atoms with Gasteiger partial charge >= 0.3 is 0 Å². The predicted octanol–water partition coefficient (Wildman–Crippen LogP) is 2.75. The Balaban J connectivity index is 1.87. The van der Waals surface area contributed by atoms with Gasteiger partial charge in [0.2, 0.25) is 5.95 Å². The van der Waals surface area contributed by atoms with Crippen molar-refractivity contribution in [1.82, 2.24) is 15.0 Å². The molecule has 0 unspecified atom stereocenters. The number of anilines is 2. The molecule has 0 aliphatic rings. The minimum absolute atomic E-state index is 0.176. The zero-order valence-electron chi connectivity index (χ0n) is 10.2. The molecule has 0 fully saturated rings. The maximum absolute atomic E-state index is 9.44. The van der Waals surface area contributed by atoms with Crippen LogP contribution < -0.4 is 5.32 Å². The van der Waals surface area contributed by atoms with E-state index in [0.29, 0.717) is 17.5 Å². The predicted molar refractivity (Wildman–Crippen MR) is 76.2 cm³/mol. The number of nitrogens with zero attached hydrogens (tertiary/aromatic N) is 3. The summed E-state index contributed by atoms with van der Waals surface area (Å²) in [5, 5.41) is 25.5. The maximum Gasteiger partial charge on any atom is 0.230 e. The SMILES string of the molecule is Oc1ccc(Nc2ncnc(-c3ccsc3)n2)cc1O. The van der Waals surface area contributed by atoms with Gasteiger partial charge in [-0.15, -0.1) is 0 Å². The lowest BCUT2D eigenvalue weighted by Gasteiger charge is -2.06. The molecule has 2 aromatic heterocycles. The molecule has 1 aromatic carbocycles. The van der Waals surface area contributed by atoms with Gasteiger partial charge in [0.1, 0.15) is 6.33 Å². The lowest BCUT2D eigenvalue weighted by atomic mass is 10.3. The summed E-state index contributed by atoms with van der Waals surface area (Å²) >= 11 is 1.57. The summed E-state index contributed by atoms with van der Waals surface area (Å²) in [7, 11) is 0. The zero-order chi connectivity index (χ0) is 13.9. The van der Waals surface area contributed by atoms with Gasteiger partial charge in [-0.2, -0.15) is 16.3 Å². The molecule has 3 N–H and O–H groups in total. The van der Waals surface area contributed by atoms with E-state index in [2.05, 4.69) is 20.3 Å². The van der Waals surface area contributed by atoms with Crippen LogP contribution in [-0.2, 0) is 0 Å². The quantitative estimate of drug-likeness (QED) is 0.506. The van der Waals surface area contributed by atoms with Gasteiger partial charge in [0.05, 0.1) is 0 Å². The van der Waals surface area contributed by atoms with Crippen LogP contribution >= 0.6 is 11.3 Å². The molecule has 20 heavy (non-hydrogen) atoms. The van der Waals surface area contributed by atoms with Crippen molar-refractivity contribution in [3.8, 4) is 22.9 Å². The normalized spacial score (nSPS) is 10.4. The number of aromatic hydroxyl groups is 2. The van der Waals surface area contributed by atoms with Crippen LogP contribution in [-0.4, -0.2) is 25.2 Å². The van der Waals surface area contributed by atoms with Gasteiger partial charge in [0.15, 0.2) is 17.3 Å². The Morgan fingerprint density at radius 1 is 1.05 bits per heavy atom. The summed E-state index contributed by atoms with van der Waals surface area (Å²) in [5.74, 6) is 0.560. The van der Waals surface area contributed by atoms with E-state index in [1.807, 2.05) is 16.8 Å². The summed E-state index contributed by atoms with van der Waals surface area (Å²) in [6.07, 6.45) is 1.42. The molecule has 6 nitrogen and oxygen atoms in total. The molecule has 2 heterocycles. The van der Waals surface area contributed by atoms with Crippen LogP contribution in [0.5, 0.6) is 11.5 Å². The van der Waals surface area contributed by atoms with E-state index in [-0.39, 0.29) is 11.5 Å². The molecule has 7 heteroatoms. The number of benzene rings is 1. The van der Waals surface area contributed by atoms with Gasteiger partial charge in [-0.05, 0) is 23.6 Å². The molecule has 0 aliphatic heterocycles. The van der Waals surface area contributed by atoms with Crippen LogP contribution in [0.4, 0.5) is 11.6 Å². The Bertz CT molecular complexity index is 731. The van der Waals surface area contributed by atoms with E-state index in [1.54, 1.807) is 17.4 Å². The first-order chi connectivity index (χ1) is 9.72. The van der Waals surface area contributed by atoms with Gasteiger partial charge in [-0.25, -0.2) is 9.97 Å². The average Bonchev–Trinajstić information content (AvgIpc) is 2.97. The first-order valence-corrected chi connectivity index (χ1v) is 6.67. The van der Waals surface area contributed by atoms with Gasteiger partial charge in [0, 0.05) is 22.7 Å². The molecule has 3 rings (SSSR count). The molecule has 0 aliphatic carbocycles. The van der Waals surface area contributed by atoms with E-state index in [1.165, 1.54) is 18.5 Å². The van der Waals surface area contributed by atoms with Crippen molar-refractivity contribution in [2.75, 3.05) is 5.32 Å². The topological polar surface area (TPSA) is 91.2 Å². The number of aromatic nitrogens is 3. The highest BCUT2D eigenvalue weighted by Gasteiger charge is 2.06. The highest BCUT2D eigenvalue weighted by molar-refractivity contribution is 7.08. The van der Waals surface area contributed by atoms with E-state index in [4.69, 9.17) is 0 Å². The third kappa shape index (κ3) is 2.52. The fourth-order valence-electron chi connectivity index (χ4n) is 1.62. The number of hydrogen-bond donors (Lipinski definition) is 3. The van der Waals surface area contributed by atoms with E-state index in [9.17, 15) is 10.2 Å². The smallest absolute Gasteiger partial charge is 0.230 e. The highest BCUT2D eigenvalue weighted by atomic mass is 32.1. The first kappa shape index (κ1) is 12.4. The second kappa shape index (κ2) is 5.14. The minimum atomic E-state index is -0.206. The highest BCUT2D eigenvalue weighted by Crippen LogP contribution is 2.28. The molecule has 100 valence electrons. The van der Waals surface area contributed by atoms with Crippen molar-refractivity contribution < 1.29 is 10.2 Å². The molecule has 0 saturated carbocycles. The van der Waals surface area contributed by atoms with Crippen LogP contribution in [0, 0.1) is 0 Å². The van der Waals surface area contributed by atoms with Crippen molar-refractivity contribution >= 4 is 23.0 Å². The third-order valence-corrected chi connectivity index (χ3v) is 3.27. The van der Waals surface area contributed by atoms with Crippen molar-refractivity contribution in [1.29, 1.82) is 0 Å². The van der Waals surface area contributed by atoms with Crippen LogP contribution in [0.15, 0.2) is 41.4 Å². The summed E-state index contributed by atoms with van der Waals surface area (Å²) in [6.45, 7) is 0. The molecular formula is C13H10N4O2S. The van der Waals surface area contributed by atoms with Crippen molar-refractivity contribution in [2.45, 2.75) is 0 Å². The molecule has 0 amide bonds.